The van der Waals surface area contributed by atoms with E-state index in [0.717, 1.165) is 10.4 Å². The number of nitrogens with one attached hydrogen (secondary N) is 1. The van der Waals surface area contributed by atoms with Gasteiger partial charge in [0.25, 0.3) is 0 Å². The number of nitrogens with zero attached hydrogens (tertiary/aromatic N) is 1. The van der Waals surface area contributed by atoms with Gasteiger partial charge in [-0.2, -0.15) is 0 Å². The van der Waals surface area contributed by atoms with Gasteiger partial charge in [0.15, 0.2) is 0 Å². The predicted molar refractivity (Wildman–Crippen MR) is 91.4 cm³/mol. The molecule has 2 rings (SSSR count). The van der Waals surface area contributed by atoms with Crippen LogP contribution < -0.4 is 10.2 Å². The first-order chi connectivity index (χ1) is 9.32. The third-order valence-corrected chi connectivity index (χ3v) is 5.14. The highest BCUT2D eigenvalue weighted by molar-refractivity contribution is 9.10. The maximum absolute atomic E-state index is 3.60. The maximum atomic E-state index is 3.60. The molecule has 1 aromatic carbocycles. The Balaban J connectivity index is 2.26. The Morgan fingerprint density at radius 2 is 2.05 bits per heavy atom. The topological polar surface area (TPSA) is 15.3 Å². The van der Waals surface area contributed by atoms with Gasteiger partial charge in [-0.3, -0.25) is 0 Å². The van der Waals surface area contributed by atoms with E-state index in [1.54, 1.807) is 0 Å². The Hall–Kier alpha value is -0.540. The van der Waals surface area contributed by atoms with E-state index in [9.17, 15) is 0 Å². The lowest BCUT2D eigenvalue weighted by molar-refractivity contribution is 0.263. The third-order valence-electron chi connectivity index (χ3n) is 4.64. The number of hydrogen-bond acceptors (Lipinski definition) is 2. The van der Waals surface area contributed by atoms with Crippen LogP contribution in [0.5, 0.6) is 0 Å². The molecule has 1 heterocycles. The lowest BCUT2D eigenvalue weighted by Crippen LogP contribution is -2.27. The molecule has 1 aliphatic rings. The molecule has 2 unspecified atom stereocenters. The molecule has 0 spiro atoms. The molecule has 0 radical (unpaired) electrons. The molecule has 0 aromatic heterocycles. The number of benzene rings is 1. The van der Waals surface area contributed by atoms with E-state index >= 15 is 0 Å². The van der Waals surface area contributed by atoms with Crippen molar-refractivity contribution < 1.29 is 0 Å². The molecule has 1 N–H and O–H groups in total. The number of anilines is 1. The van der Waals surface area contributed by atoms with Crippen LogP contribution in [0, 0.1) is 11.3 Å². The second-order valence-corrected chi connectivity index (χ2v) is 7.93. The van der Waals surface area contributed by atoms with E-state index in [-0.39, 0.29) is 0 Å². The van der Waals surface area contributed by atoms with Gasteiger partial charge in [0.05, 0.1) is 0 Å². The summed E-state index contributed by atoms with van der Waals surface area (Å²) in [7, 11) is 2.03. The largest absolute Gasteiger partial charge is 0.371 e. The fourth-order valence-corrected chi connectivity index (χ4v) is 3.38. The number of halogens is 1. The zero-order chi connectivity index (χ0) is 14.9. The van der Waals surface area contributed by atoms with Gasteiger partial charge >= 0.3 is 0 Å². The summed E-state index contributed by atoms with van der Waals surface area (Å²) in [5, 5.41) is 3.37. The van der Waals surface area contributed by atoms with Crippen molar-refractivity contribution in [3.8, 4) is 0 Å². The van der Waals surface area contributed by atoms with Crippen LogP contribution in [0.4, 0.5) is 5.69 Å². The molecule has 112 valence electrons. The Labute approximate surface area is 132 Å². The first-order valence-electron chi connectivity index (χ1n) is 7.54. The summed E-state index contributed by atoms with van der Waals surface area (Å²) in [6, 6.07) is 7.04. The van der Waals surface area contributed by atoms with Gasteiger partial charge in [-0.1, -0.05) is 36.7 Å². The molecule has 0 saturated carbocycles. The zero-order valence-corrected chi connectivity index (χ0v) is 14.9. The SMILES string of the molecule is CNC(C)c1cc(Br)ccc1N1CCC(C(C)(C)C)C1. The van der Waals surface area contributed by atoms with Crippen LogP contribution in [0.3, 0.4) is 0 Å². The zero-order valence-electron chi connectivity index (χ0n) is 13.3. The van der Waals surface area contributed by atoms with Crippen molar-refractivity contribution in [1.82, 2.24) is 5.32 Å². The summed E-state index contributed by atoms with van der Waals surface area (Å²) < 4.78 is 1.16. The molecular formula is C17H27BrN2. The Morgan fingerprint density at radius 1 is 1.35 bits per heavy atom. The second-order valence-electron chi connectivity index (χ2n) is 7.01. The molecule has 1 aromatic rings. The first-order valence-corrected chi connectivity index (χ1v) is 8.34. The quantitative estimate of drug-likeness (QED) is 0.866. The summed E-state index contributed by atoms with van der Waals surface area (Å²) in [6.45, 7) is 11.7. The molecule has 2 nitrogen and oxygen atoms in total. The molecule has 0 amide bonds. The third kappa shape index (κ3) is 3.37. The van der Waals surface area contributed by atoms with Crippen LogP contribution in [0.15, 0.2) is 22.7 Å². The van der Waals surface area contributed by atoms with Crippen molar-refractivity contribution >= 4 is 21.6 Å². The average Bonchev–Trinajstić information content (AvgIpc) is 2.87. The van der Waals surface area contributed by atoms with Crippen molar-refractivity contribution in [1.29, 1.82) is 0 Å². The highest BCUT2D eigenvalue weighted by Crippen LogP contribution is 2.38. The second kappa shape index (κ2) is 6.07. The van der Waals surface area contributed by atoms with E-state index < -0.39 is 0 Å². The van der Waals surface area contributed by atoms with Crippen molar-refractivity contribution in [2.45, 2.75) is 40.2 Å². The average molecular weight is 339 g/mol. The summed E-state index contributed by atoms with van der Waals surface area (Å²) in [5.41, 5.74) is 3.18. The smallest absolute Gasteiger partial charge is 0.0415 e. The molecular weight excluding hydrogens is 312 g/mol. The minimum absolute atomic E-state index is 0.371. The van der Waals surface area contributed by atoms with Gasteiger partial charge in [-0.15, -0.1) is 0 Å². The number of rotatable bonds is 3. The van der Waals surface area contributed by atoms with Gasteiger partial charge in [-0.05, 0) is 55.5 Å². The lowest BCUT2D eigenvalue weighted by atomic mass is 9.80. The minimum atomic E-state index is 0.371. The summed E-state index contributed by atoms with van der Waals surface area (Å²) >= 11 is 3.60. The highest BCUT2D eigenvalue weighted by Gasteiger charge is 2.32. The molecule has 3 heteroatoms. The van der Waals surface area contributed by atoms with Gasteiger partial charge < -0.3 is 10.2 Å². The molecule has 1 saturated heterocycles. The normalized spacial score (nSPS) is 21.3. The molecule has 2 atom stereocenters. The molecule has 1 fully saturated rings. The van der Waals surface area contributed by atoms with Crippen LogP contribution in [-0.4, -0.2) is 20.1 Å². The van der Waals surface area contributed by atoms with Gasteiger partial charge in [-0.25, -0.2) is 0 Å². The summed E-state index contributed by atoms with van der Waals surface area (Å²) in [4.78, 5) is 2.56. The Morgan fingerprint density at radius 3 is 2.60 bits per heavy atom. The highest BCUT2D eigenvalue weighted by atomic mass is 79.9. The van der Waals surface area contributed by atoms with Crippen LogP contribution in [-0.2, 0) is 0 Å². The van der Waals surface area contributed by atoms with Crippen molar-refractivity contribution in [3.63, 3.8) is 0 Å². The van der Waals surface area contributed by atoms with Crippen LogP contribution in [0.25, 0.3) is 0 Å². The monoisotopic (exact) mass is 338 g/mol. The minimum Gasteiger partial charge on any atom is -0.371 e. The summed E-state index contributed by atoms with van der Waals surface area (Å²) in [6.07, 6.45) is 1.30. The van der Waals surface area contributed by atoms with Gasteiger partial charge in [0, 0.05) is 29.3 Å². The fraction of sp³-hybridized carbons (Fsp3) is 0.647. The van der Waals surface area contributed by atoms with Crippen molar-refractivity contribution in [2.75, 3.05) is 25.0 Å². The number of hydrogen-bond donors (Lipinski definition) is 1. The van der Waals surface area contributed by atoms with Gasteiger partial charge in [0.2, 0.25) is 0 Å². The van der Waals surface area contributed by atoms with E-state index in [0.29, 0.717) is 11.5 Å². The van der Waals surface area contributed by atoms with Crippen LogP contribution in [0.2, 0.25) is 0 Å². The maximum Gasteiger partial charge on any atom is 0.0415 e. The summed E-state index contributed by atoms with van der Waals surface area (Å²) in [5.74, 6) is 0.781. The van der Waals surface area contributed by atoms with E-state index in [1.165, 1.54) is 30.8 Å². The van der Waals surface area contributed by atoms with Crippen molar-refractivity contribution in [2.24, 2.45) is 11.3 Å². The molecule has 1 aliphatic heterocycles. The first kappa shape index (κ1) is 15.8. The molecule has 0 bridgehead atoms. The standard InChI is InChI=1S/C17H27BrN2/c1-12(19-5)15-10-14(18)6-7-16(15)20-9-8-13(11-20)17(2,3)4/h6-7,10,12-13,19H,8-9,11H2,1-5H3. The predicted octanol–water partition coefficient (Wildman–Crippen LogP) is 4.60. The Kier molecular flexibility index (Phi) is 4.80. The molecule has 20 heavy (non-hydrogen) atoms. The Bertz CT molecular complexity index is 465. The fourth-order valence-electron chi connectivity index (χ4n) is 3.00. The lowest BCUT2D eigenvalue weighted by Gasteiger charge is -2.29. The van der Waals surface area contributed by atoms with Gasteiger partial charge in [0.1, 0.15) is 0 Å². The molecule has 0 aliphatic carbocycles. The van der Waals surface area contributed by atoms with E-state index in [1.807, 2.05) is 7.05 Å². The van der Waals surface area contributed by atoms with Crippen molar-refractivity contribution in [3.05, 3.63) is 28.2 Å². The van der Waals surface area contributed by atoms with E-state index in [2.05, 4.69) is 72.0 Å². The van der Waals surface area contributed by atoms with Crippen LogP contribution in [0.1, 0.15) is 45.7 Å². The van der Waals surface area contributed by atoms with Crippen LogP contribution >= 0.6 is 15.9 Å². The van der Waals surface area contributed by atoms with E-state index in [4.69, 9.17) is 0 Å².